The number of benzene rings is 1. The lowest BCUT2D eigenvalue weighted by atomic mass is 9.65. The minimum absolute atomic E-state index is 0.0571. The number of ether oxygens (including phenoxy) is 1. The summed E-state index contributed by atoms with van der Waals surface area (Å²) >= 11 is 0. The number of esters is 1. The number of hydrogen-bond acceptors (Lipinski definition) is 4. The summed E-state index contributed by atoms with van der Waals surface area (Å²) in [6.45, 7) is 4.27. The third-order valence-electron chi connectivity index (χ3n) is 5.99. The molecule has 3 atom stereocenters. The Balaban J connectivity index is 2.06. The number of aromatic nitrogens is 1. The van der Waals surface area contributed by atoms with Crippen LogP contribution in [0.1, 0.15) is 24.6 Å². The molecule has 2 aromatic rings. The van der Waals surface area contributed by atoms with Crippen LogP contribution >= 0.6 is 0 Å². The SMILES string of the molecule is C/C=C1/CN2CC[C@@H]1[C@@](CO)(C(=O)OC)c1[nH]c3ccccc3c1C2. The van der Waals surface area contributed by atoms with E-state index in [9.17, 15) is 9.90 Å². The molecule has 0 saturated carbocycles. The molecule has 3 aliphatic rings. The zero-order valence-corrected chi connectivity index (χ0v) is 14.7. The molecule has 0 radical (unpaired) electrons. The van der Waals surface area contributed by atoms with Gasteiger partial charge in [-0.2, -0.15) is 0 Å². The number of allylic oxidation sites excluding steroid dienone is 1. The third-order valence-corrected chi connectivity index (χ3v) is 5.99. The highest BCUT2D eigenvalue weighted by Crippen LogP contribution is 2.47. The first-order chi connectivity index (χ1) is 12.2. The van der Waals surface area contributed by atoms with Gasteiger partial charge in [-0.15, -0.1) is 0 Å². The largest absolute Gasteiger partial charge is 0.468 e. The van der Waals surface area contributed by atoms with Crippen molar-refractivity contribution in [2.45, 2.75) is 25.3 Å². The van der Waals surface area contributed by atoms with Crippen LogP contribution in [-0.2, 0) is 21.5 Å². The number of carbonyl (C=O) groups excluding carboxylic acids is 1. The number of nitrogens with zero attached hydrogens (tertiary/aromatic N) is 1. The lowest BCUT2D eigenvalue weighted by molar-refractivity contribution is -0.152. The van der Waals surface area contributed by atoms with E-state index in [1.807, 2.05) is 25.1 Å². The Morgan fingerprint density at radius 1 is 1.44 bits per heavy atom. The van der Waals surface area contributed by atoms with Crippen molar-refractivity contribution < 1.29 is 14.6 Å². The van der Waals surface area contributed by atoms with Gasteiger partial charge in [0, 0.05) is 35.6 Å². The summed E-state index contributed by atoms with van der Waals surface area (Å²) in [6, 6.07) is 8.10. The van der Waals surface area contributed by atoms with Gasteiger partial charge in [-0.05, 0) is 31.5 Å². The van der Waals surface area contributed by atoms with Crippen LogP contribution in [0.15, 0.2) is 35.9 Å². The first-order valence-corrected chi connectivity index (χ1v) is 8.82. The molecule has 132 valence electrons. The fourth-order valence-electron chi connectivity index (χ4n) is 4.76. The maximum Gasteiger partial charge on any atom is 0.320 e. The summed E-state index contributed by atoms with van der Waals surface area (Å²) in [4.78, 5) is 18.9. The Labute approximate surface area is 147 Å². The van der Waals surface area contributed by atoms with Gasteiger partial charge in [0.15, 0.2) is 0 Å². The average Bonchev–Trinajstić information content (AvgIpc) is 2.99. The summed E-state index contributed by atoms with van der Waals surface area (Å²) in [6.07, 6.45) is 2.93. The van der Waals surface area contributed by atoms with E-state index in [4.69, 9.17) is 4.74 Å². The summed E-state index contributed by atoms with van der Waals surface area (Å²) in [5, 5.41) is 11.6. The average molecular weight is 340 g/mol. The van der Waals surface area contributed by atoms with Crippen LogP contribution in [0, 0.1) is 5.92 Å². The molecule has 4 heterocycles. The second-order valence-electron chi connectivity index (χ2n) is 7.06. The molecule has 2 N–H and O–H groups in total. The number of aromatic amines is 1. The molecule has 1 saturated heterocycles. The molecule has 1 unspecified atom stereocenters. The molecule has 25 heavy (non-hydrogen) atoms. The number of rotatable bonds is 2. The van der Waals surface area contributed by atoms with Crippen LogP contribution < -0.4 is 0 Å². The topological polar surface area (TPSA) is 65.6 Å². The van der Waals surface area contributed by atoms with Crippen molar-refractivity contribution in [3.05, 3.63) is 47.2 Å². The number of fused-ring (bicyclic) bond motifs is 3. The first-order valence-electron chi connectivity index (χ1n) is 8.82. The maximum absolute atomic E-state index is 13.0. The second kappa shape index (κ2) is 6.00. The zero-order chi connectivity index (χ0) is 17.6. The van der Waals surface area contributed by atoms with E-state index >= 15 is 0 Å². The summed E-state index contributed by atoms with van der Waals surface area (Å²) in [5.41, 5.74) is 3.05. The maximum atomic E-state index is 13.0. The highest BCUT2D eigenvalue weighted by molar-refractivity contribution is 5.91. The highest BCUT2D eigenvalue weighted by Gasteiger charge is 2.54. The van der Waals surface area contributed by atoms with Crippen molar-refractivity contribution in [3.63, 3.8) is 0 Å². The Hall–Kier alpha value is -2.11. The van der Waals surface area contributed by atoms with Crippen molar-refractivity contribution in [3.8, 4) is 0 Å². The fraction of sp³-hybridized carbons (Fsp3) is 0.450. The molecule has 0 aliphatic carbocycles. The van der Waals surface area contributed by atoms with Crippen LogP contribution in [0.4, 0.5) is 0 Å². The van der Waals surface area contributed by atoms with Crippen LogP contribution in [0.25, 0.3) is 10.9 Å². The van der Waals surface area contributed by atoms with Crippen molar-refractivity contribution in [1.82, 2.24) is 9.88 Å². The van der Waals surface area contributed by atoms with Gasteiger partial charge >= 0.3 is 5.97 Å². The number of piperidine rings is 1. The van der Waals surface area contributed by atoms with E-state index in [0.717, 1.165) is 48.2 Å². The number of H-pyrrole nitrogens is 1. The fourth-order valence-corrected chi connectivity index (χ4v) is 4.76. The van der Waals surface area contributed by atoms with E-state index in [0.29, 0.717) is 0 Å². The molecule has 3 aliphatic heterocycles. The third kappa shape index (κ3) is 2.19. The first kappa shape index (κ1) is 16.4. The van der Waals surface area contributed by atoms with Crippen LogP contribution in [0.5, 0.6) is 0 Å². The standard InChI is InChI=1S/C20H24N2O3/c1-3-13-10-22-9-8-16(13)20(12-23,19(24)25-2)18-15(11-22)14-6-4-5-7-17(14)21-18/h3-7,16,21,23H,8-12H2,1-2H3/b13-3-/t16-,20+/m0/s1. The molecule has 0 spiro atoms. The summed E-state index contributed by atoms with van der Waals surface area (Å²) < 4.78 is 5.22. The lowest BCUT2D eigenvalue weighted by Crippen LogP contribution is -2.54. The van der Waals surface area contributed by atoms with Crippen molar-refractivity contribution >= 4 is 16.9 Å². The number of carbonyl (C=O) groups is 1. The molecule has 5 nitrogen and oxygen atoms in total. The predicted molar refractivity (Wildman–Crippen MR) is 96.2 cm³/mol. The van der Waals surface area contributed by atoms with Crippen LogP contribution in [0.2, 0.25) is 0 Å². The predicted octanol–water partition coefficient (Wildman–Crippen LogP) is 2.35. The molecule has 1 aromatic carbocycles. The molecule has 5 heteroatoms. The molecule has 0 amide bonds. The van der Waals surface area contributed by atoms with Gasteiger partial charge in [0.05, 0.1) is 13.7 Å². The minimum Gasteiger partial charge on any atom is -0.468 e. The Morgan fingerprint density at radius 3 is 2.96 bits per heavy atom. The number of para-hydroxylation sites is 1. The Morgan fingerprint density at radius 2 is 2.24 bits per heavy atom. The minimum atomic E-state index is -1.07. The lowest BCUT2D eigenvalue weighted by Gasteiger charge is -2.46. The van der Waals surface area contributed by atoms with Gasteiger partial charge in [-0.1, -0.05) is 29.8 Å². The molecule has 1 fully saturated rings. The number of methoxy groups -OCH3 is 1. The highest BCUT2D eigenvalue weighted by atomic mass is 16.5. The van der Waals surface area contributed by atoms with Gasteiger partial charge in [0.2, 0.25) is 0 Å². The van der Waals surface area contributed by atoms with E-state index in [1.54, 1.807) is 0 Å². The van der Waals surface area contributed by atoms with E-state index < -0.39 is 5.41 Å². The molecule has 1 aromatic heterocycles. The number of aliphatic hydroxyl groups excluding tert-OH is 1. The van der Waals surface area contributed by atoms with Gasteiger partial charge < -0.3 is 14.8 Å². The van der Waals surface area contributed by atoms with Gasteiger partial charge in [0.25, 0.3) is 0 Å². The van der Waals surface area contributed by atoms with E-state index in [-0.39, 0.29) is 18.5 Å². The zero-order valence-electron chi connectivity index (χ0n) is 14.7. The smallest absolute Gasteiger partial charge is 0.320 e. The van der Waals surface area contributed by atoms with Gasteiger partial charge in [-0.25, -0.2) is 0 Å². The number of aliphatic hydroxyl groups is 1. The number of nitrogens with one attached hydrogen (secondary N) is 1. The van der Waals surface area contributed by atoms with E-state index in [1.165, 1.54) is 12.7 Å². The Kier molecular flexibility index (Phi) is 3.93. The quantitative estimate of drug-likeness (QED) is 0.651. The van der Waals surface area contributed by atoms with Gasteiger partial charge in [0.1, 0.15) is 5.41 Å². The monoisotopic (exact) mass is 340 g/mol. The van der Waals surface area contributed by atoms with Gasteiger partial charge in [-0.3, -0.25) is 9.69 Å². The van der Waals surface area contributed by atoms with Crippen LogP contribution in [0.3, 0.4) is 0 Å². The van der Waals surface area contributed by atoms with Crippen molar-refractivity contribution in [2.75, 3.05) is 26.8 Å². The molecule has 2 bridgehead atoms. The molecular weight excluding hydrogens is 316 g/mol. The molecule has 5 rings (SSSR count). The van der Waals surface area contributed by atoms with Crippen LogP contribution in [-0.4, -0.2) is 47.8 Å². The summed E-state index contributed by atoms with van der Waals surface area (Å²) in [7, 11) is 1.41. The second-order valence-corrected chi connectivity index (χ2v) is 7.06. The van der Waals surface area contributed by atoms with E-state index in [2.05, 4.69) is 22.0 Å². The summed E-state index contributed by atoms with van der Waals surface area (Å²) in [5.74, 6) is -0.416. The normalized spacial score (nSPS) is 30.1. The van der Waals surface area contributed by atoms with Crippen molar-refractivity contribution in [1.29, 1.82) is 0 Å². The molecular formula is C20H24N2O3. The van der Waals surface area contributed by atoms with Crippen molar-refractivity contribution in [2.24, 2.45) is 5.92 Å². The Bertz CT molecular complexity index is 854. The number of hydrogen-bond donors (Lipinski definition) is 2.